The van der Waals surface area contributed by atoms with E-state index in [1.807, 2.05) is 0 Å². The zero-order valence-electron chi connectivity index (χ0n) is 16.1. The lowest BCUT2D eigenvalue weighted by molar-refractivity contribution is 0.0958. The number of amides is 1. The number of sulfonamides is 1. The molecule has 1 aromatic heterocycles. The summed E-state index contributed by atoms with van der Waals surface area (Å²) in [6.07, 6.45) is 2.97. The average Bonchev–Trinajstić information content (AvgIpc) is 3.27. The molecule has 7 nitrogen and oxygen atoms in total. The van der Waals surface area contributed by atoms with E-state index in [1.165, 1.54) is 19.4 Å². The van der Waals surface area contributed by atoms with Crippen LogP contribution in [0.2, 0.25) is 0 Å². The molecule has 2 heterocycles. The number of ether oxygens (including phenoxy) is 1. The number of aryl methyl sites for hydroxylation is 1. The van der Waals surface area contributed by atoms with Crippen molar-refractivity contribution in [1.82, 2.24) is 0 Å². The molecule has 156 valence electrons. The van der Waals surface area contributed by atoms with Crippen LogP contribution in [0.15, 0.2) is 64.1 Å². The standard InChI is InChI=1S/C21H19FN2O5S/c1-28-18-9-7-15(22)12-20(18)30(26,27)23-16-8-6-14-4-2-10-24(17(14)13-16)21(25)19-5-3-11-29-19/h3,5-9,11-13,23H,2,4,10H2,1H3. The average molecular weight is 430 g/mol. The molecule has 1 aliphatic rings. The first kappa shape index (κ1) is 20.0. The molecule has 0 fully saturated rings. The van der Waals surface area contributed by atoms with Gasteiger partial charge in [-0.25, -0.2) is 12.8 Å². The third kappa shape index (κ3) is 3.76. The molecule has 1 aliphatic heterocycles. The SMILES string of the molecule is COc1ccc(F)cc1S(=O)(=O)Nc1ccc2c(c1)N(C(=O)c1ccco1)CCC2. The molecule has 3 aromatic rings. The lowest BCUT2D eigenvalue weighted by Gasteiger charge is -2.29. The minimum Gasteiger partial charge on any atom is -0.495 e. The summed E-state index contributed by atoms with van der Waals surface area (Å²) in [5, 5.41) is 0. The number of fused-ring (bicyclic) bond motifs is 1. The number of nitrogens with zero attached hydrogens (tertiary/aromatic N) is 1. The molecule has 0 atom stereocenters. The van der Waals surface area contributed by atoms with Gasteiger partial charge in [0.15, 0.2) is 5.76 Å². The number of anilines is 2. The van der Waals surface area contributed by atoms with E-state index in [-0.39, 0.29) is 28.0 Å². The van der Waals surface area contributed by atoms with Crippen LogP contribution in [0.4, 0.5) is 15.8 Å². The van der Waals surface area contributed by atoms with Gasteiger partial charge in [-0.1, -0.05) is 6.07 Å². The van der Waals surface area contributed by atoms with Crippen molar-refractivity contribution in [3.8, 4) is 5.75 Å². The van der Waals surface area contributed by atoms with Gasteiger partial charge in [-0.2, -0.15) is 0 Å². The summed E-state index contributed by atoms with van der Waals surface area (Å²) in [5.74, 6) is -0.764. The summed E-state index contributed by atoms with van der Waals surface area (Å²) < 4.78 is 52.1. The molecule has 0 saturated carbocycles. The predicted molar refractivity (Wildman–Crippen MR) is 109 cm³/mol. The number of carbonyl (C=O) groups is 1. The molecule has 0 unspecified atom stereocenters. The Labute approximate surface area is 173 Å². The van der Waals surface area contributed by atoms with Crippen LogP contribution in [0.3, 0.4) is 0 Å². The molecule has 1 amide bonds. The van der Waals surface area contributed by atoms with Crippen LogP contribution in [0.25, 0.3) is 0 Å². The molecule has 0 bridgehead atoms. The molecule has 0 spiro atoms. The van der Waals surface area contributed by atoms with Crippen molar-refractivity contribution >= 4 is 27.3 Å². The van der Waals surface area contributed by atoms with Crippen LogP contribution in [-0.2, 0) is 16.4 Å². The highest BCUT2D eigenvalue weighted by Gasteiger charge is 2.27. The normalized spacial score (nSPS) is 13.6. The number of nitrogens with one attached hydrogen (secondary N) is 1. The summed E-state index contributed by atoms with van der Waals surface area (Å²) in [7, 11) is -2.81. The third-order valence-electron chi connectivity index (χ3n) is 4.85. The van der Waals surface area contributed by atoms with E-state index >= 15 is 0 Å². The zero-order valence-corrected chi connectivity index (χ0v) is 16.9. The number of hydrogen-bond acceptors (Lipinski definition) is 5. The van der Waals surface area contributed by atoms with Gasteiger partial charge in [0.05, 0.1) is 19.1 Å². The van der Waals surface area contributed by atoms with E-state index < -0.39 is 15.8 Å². The maximum Gasteiger partial charge on any atom is 0.293 e. The quantitative estimate of drug-likeness (QED) is 0.665. The van der Waals surface area contributed by atoms with E-state index in [1.54, 1.807) is 35.2 Å². The Balaban J connectivity index is 1.68. The lowest BCUT2D eigenvalue weighted by atomic mass is 10.0. The van der Waals surface area contributed by atoms with Crippen LogP contribution >= 0.6 is 0 Å². The topological polar surface area (TPSA) is 88.9 Å². The smallest absolute Gasteiger partial charge is 0.293 e. The van der Waals surface area contributed by atoms with Crippen LogP contribution in [0.1, 0.15) is 22.5 Å². The van der Waals surface area contributed by atoms with E-state index in [2.05, 4.69) is 4.72 Å². The number of carbonyl (C=O) groups excluding carboxylic acids is 1. The second kappa shape index (κ2) is 7.83. The fourth-order valence-corrected chi connectivity index (χ4v) is 4.68. The molecule has 1 N–H and O–H groups in total. The van der Waals surface area contributed by atoms with E-state index in [0.29, 0.717) is 12.2 Å². The maximum absolute atomic E-state index is 13.7. The summed E-state index contributed by atoms with van der Waals surface area (Å²) in [6, 6.07) is 11.5. The Bertz CT molecular complexity index is 1190. The number of hydrogen-bond donors (Lipinski definition) is 1. The van der Waals surface area contributed by atoms with Crippen LogP contribution in [-0.4, -0.2) is 28.0 Å². The summed E-state index contributed by atoms with van der Waals surface area (Å²) in [4.78, 5) is 14.1. The minimum absolute atomic E-state index is 0.0245. The van der Waals surface area contributed by atoms with Gasteiger partial charge in [0.2, 0.25) is 0 Å². The van der Waals surface area contributed by atoms with E-state index in [0.717, 1.165) is 30.5 Å². The van der Waals surface area contributed by atoms with Crippen molar-refractivity contribution in [2.24, 2.45) is 0 Å². The predicted octanol–water partition coefficient (Wildman–Crippen LogP) is 3.82. The molecule has 30 heavy (non-hydrogen) atoms. The zero-order chi connectivity index (χ0) is 21.3. The first-order valence-electron chi connectivity index (χ1n) is 9.24. The summed E-state index contributed by atoms with van der Waals surface area (Å²) >= 11 is 0. The third-order valence-corrected chi connectivity index (χ3v) is 6.25. The number of halogens is 1. The number of furan rings is 1. The Hall–Kier alpha value is -3.33. The molecule has 0 saturated heterocycles. The van der Waals surface area contributed by atoms with Gasteiger partial charge in [-0.3, -0.25) is 9.52 Å². The van der Waals surface area contributed by atoms with Gasteiger partial charge in [0, 0.05) is 12.2 Å². The Kier molecular flexibility index (Phi) is 5.21. The summed E-state index contributed by atoms with van der Waals surface area (Å²) in [5.41, 5.74) is 1.78. The van der Waals surface area contributed by atoms with Crippen molar-refractivity contribution in [1.29, 1.82) is 0 Å². The van der Waals surface area contributed by atoms with E-state index in [4.69, 9.17) is 9.15 Å². The molecule has 0 aliphatic carbocycles. The molecule has 2 aromatic carbocycles. The van der Waals surface area contributed by atoms with E-state index in [9.17, 15) is 17.6 Å². The first-order valence-corrected chi connectivity index (χ1v) is 10.7. The molecular weight excluding hydrogens is 411 g/mol. The number of rotatable bonds is 5. The van der Waals surface area contributed by atoms with Crippen LogP contribution in [0, 0.1) is 5.82 Å². The van der Waals surface area contributed by atoms with Gasteiger partial charge >= 0.3 is 0 Å². The van der Waals surface area contributed by atoms with Crippen molar-refractivity contribution in [3.63, 3.8) is 0 Å². The van der Waals surface area contributed by atoms with Crippen molar-refractivity contribution in [3.05, 3.63) is 71.9 Å². The fraction of sp³-hybridized carbons (Fsp3) is 0.190. The van der Waals surface area contributed by atoms with Gasteiger partial charge < -0.3 is 14.1 Å². The van der Waals surface area contributed by atoms with Crippen LogP contribution in [0.5, 0.6) is 5.75 Å². The monoisotopic (exact) mass is 430 g/mol. The van der Waals surface area contributed by atoms with Gasteiger partial charge in [0.1, 0.15) is 16.5 Å². The second-order valence-electron chi connectivity index (χ2n) is 6.78. The fourth-order valence-electron chi connectivity index (χ4n) is 3.45. The Morgan fingerprint density at radius 2 is 2.03 bits per heavy atom. The van der Waals surface area contributed by atoms with Crippen molar-refractivity contribution < 1.29 is 26.8 Å². The van der Waals surface area contributed by atoms with Crippen molar-refractivity contribution in [2.45, 2.75) is 17.7 Å². The highest BCUT2D eigenvalue weighted by Crippen LogP contribution is 2.33. The highest BCUT2D eigenvalue weighted by molar-refractivity contribution is 7.92. The molecular formula is C21H19FN2O5S. The molecule has 0 radical (unpaired) electrons. The highest BCUT2D eigenvalue weighted by atomic mass is 32.2. The maximum atomic E-state index is 13.7. The number of methoxy groups -OCH3 is 1. The lowest BCUT2D eigenvalue weighted by Crippen LogP contribution is -2.35. The second-order valence-corrected chi connectivity index (χ2v) is 8.43. The Morgan fingerprint density at radius 1 is 1.20 bits per heavy atom. The minimum atomic E-state index is -4.12. The van der Waals surface area contributed by atoms with Crippen LogP contribution < -0.4 is 14.4 Å². The van der Waals surface area contributed by atoms with Gasteiger partial charge in [0.25, 0.3) is 15.9 Å². The van der Waals surface area contributed by atoms with Crippen molar-refractivity contribution in [2.75, 3.05) is 23.3 Å². The van der Waals surface area contributed by atoms with Gasteiger partial charge in [-0.05, 0) is 60.9 Å². The first-order chi connectivity index (χ1) is 14.4. The number of benzene rings is 2. The Morgan fingerprint density at radius 3 is 2.77 bits per heavy atom. The summed E-state index contributed by atoms with van der Waals surface area (Å²) in [6.45, 7) is 0.487. The molecule has 9 heteroatoms. The van der Waals surface area contributed by atoms with Gasteiger partial charge in [-0.15, -0.1) is 0 Å². The largest absolute Gasteiger partial charge is 0.495 e. The molecule has 4 rings (SSSR count).